The lowest BCUT2D eigenvalue weighted by Crippen LogP contribution is -2.59. The fourth-order valence-electron chi connectivity index (χ4n) is 2.35. The monoisotopic (exact) mass is 271 g/mol. The highest BCUT2D eigenvalue weighted by molar-refractivity contribution is 5.88. The smallest absolute Gasteiger partial charge is 0.329 e. The highest BCUT2D eigenvalue weighted by Gasteiger charge is 2.41. The Kier molecular flexibility index (Phi) is 5.14. The summed E-state index contributed by atoms with van der Waals surface area (Å²) in [5.74, 6) is -1.64. The van der Waals surface area contributed by atoms with E-state index in [2.05, 4.69) is 5.32 Å². The summed E-state index contributed by atoms with van der Waals surface area (Å²) in [4.78, 5) is 35.5. The fourth-order valence-corrected chi connectivity index (χ4v) is 2.35. The summed E-state index contributed by atoms with van der Waals surface area (Å²) < 4.78 is 0. The SMILES string of the molecule is CCN(CC(N)=O)C(=O)NC1(C(=O)O)CCCCC1. The van der Waals surface area contributed by atoms with Crippen LogP contribution in [-0.4, -0.2) is 46.5 Å². The van der Waals surface area contributed by atoms with Crippen LogP contribution in [0.2, 0.25) is 0 Å². The normalized spacial score (nSPS) is 17.5. The molecule has 0 unspecified atom stereocenters. The number of hydrogen-bond donors (Lipinski definition) is 3. The number of aliphatic carboxylic acids is 1. The quantitative estimate of drug-likeness (QED) is 0.667. The Balaban J connectivity index is 2.75. The second-order valence-electron chi connectivity index (χ2n) is 4.86. The molecule has 19 heavy (non-hydrogen) atoms. The van der Waals surface area contributed by atoms with Crippen molar-refractivity contribution in [3.8, 4) is 0 Å². The molecule has 108 valence electrons. The number of rotatable bonds is 5. The van der Waals surface area contributed by atoms with Crippen LogP contribution in [0.25, 0.3) is 0 Å². The van der Waals surface area contributed by atoms with Gasteiger partial charge in [-0.05, 0) is 19.8 Å². The van der Waals surface area contributed by atoms with E-state index in [1.54, 1.807) is 6.92 Å². The van der Waals surface area contributed by atoms with Gasteiger partial charge in [-0.25, -0.2) is 9.59 Å². The molecule has 0 saturated heterocycles. The van der Waals surface area contributed by atoms with Crippen LogP contribution < -0.4 is 11.1 Å². The summed E-state index contributed by atoms with van der Waals surface area (Å²) in [6.45, 7) is 1.79. The van der Waals surface area contributed by atoms with Crippen molar-refractivity contribution in [2.75, 3.05) is 13.1 Å². The minimum Gasteiger partial charge on any atom is -0.480 e. The topological polar surface area (TPSA) is 113 Å². The van der Waals surface area contributed by atoms with Gasteiger partial charge < -0.3 is 21.1 Å². The van der Waals surface area contributed by atoms with Crippen LogP contribution in [-0.2, 0) is 9.59 Å². The van der Waals surface area contributed by atoms with Crippen LogP contribution in [0.15, 0.2) is 0 Å². The van der Waals surface area contributed by atoms with Gasteiger partial charge in [0, 0.05) is 6.54 Å². The Morgan fingerprint density at radius 3 is 2.26 bits per heavy atom. The van der Waals surface area contributed by atoms with Crippen molar-refractivity contribution in [1.29, 1.82) is 0 Å². The summed E-state index contributed by atoms with van der Waals surface area (Å²) in [5, 5.41) is 11.9. The van der Waals surface area contributed by atoms with E-state index < -0.39 is 23.4 Å². The van der Waals surface area contributed by atoms with Crippen molar-refractivity contribution in [2.24, 2.45) is 5.73 Å². The van der Waals surface area contributed by atoms with Gasteiger partial charge in [-0.15, -0.1) is 0 Å². The largest absolute Gasteiger partial charge is 0.480 e. The van der Waals surface area contributed by atoms with E-state index in [9.17, 15) is 19.5 Å². The Hall–Kier alpha value is -1.79. The molecule has 0 radical (unpaired) electrons. The maximum absolute atomic E-state index is 12.0. The number of carbonyl (C=O) groups is 3. The van der Waals surface area contributed by atoms with E-state index in [4.69, 9.17) is 5.73 Å². The van der Waals surface area contributed by atoms with Gasteiger partial charge in [-0.3, -0.25) is 4.79 Å². The van der Waals surface area contributed by atoms with Gasteiger partial charge in [0.25, 0.3) is 0 Å². The minimum atomic E-state index is -1.21. The number of carbonyl (C=O) groups excluding carboxylic acids is 2. The Morgan fingerprint density at radius 1 is 1.26 bits per heavy atom. The van der Waals surface area contributed by atoms with Gasteiger partial charge in [0.1, 0.15) is 12.1 Å². The molecule has 0 heterocycles. The molecule has 1 rings (SSSR count). The molecule has 0 aromatic rings. The first-order chi connectivity index (χ1) is 8.91. The van der Waals surface area contributed by atoms with Crippen molar-refractivity contribution in [3.63, 3.8) is 0 Å². The average molecular weight is 271 g/mol. The first kappa shape index (κ1) is 15.3. The maximum Gasteiger partial charge on any atom is 0.329 e. The van der Waals surface area contributed by atoms with Crippen molar-refractivity contribution in [2.45, 2.75) is 44.6 Å². The third kappa shape index (κ3) is 3.84. The third-order valence-electron chi connectivity index (χ3n) is 3.48. The summed E-state index contributed by atoms with van der Waals surface area (Å²) >= 11 is 0. The van der Waals surface area contributed by atoms with E-state index >= 15 is 0 Å². The van der Waals surface area contributed by atoms with Crippen LogP contribution in [0.1, 0.15) is 39.0 Å². The maximum atomic E-state index is 12.0. The predicted molar refractivity (Wildman–Crippen MR) is 68.4 cm³/mol. The second-order valence-corrected chi connectivity index (χ2v) is 4.86. The minimum absolute atomic E-state index is 0.210. The lowest BCUT2D eigenvalue weighted by molar-refractivity contribution is -0.145. The average Bonchev–Trinajstić information content (AvgIpc) is 2.36. The molecule has 3 amide bonds. The van der Waals surface area contributed by atoms with Crippen molar-refractivity contribution in [1.82, 2.24) is 10.2 Å². The standard InChI is InChI=1S/C12H21N3O4/c1-2-15(8-9(13)16)11(19)14-12(10(17)18)6-4-3-5-7-12/h2-8H2,1H3,(H2,13,16)(H,14,19)(H,17,18). The molecular weight excluding hydrogens is 250 g/mol. The Bertz CT molecular complexity index is 364. The molecule has 1 saturated carbocycles. The number of carboxylic acids is 1. The van der Waals surface area contributed by atoms with E-state index in [1.165, 1.54) is 4.90 Å². The molecule has 7 heteroatoms. The number of nitrogens with zero attached hydrogens (tertiary/aromatic N) is 1. The van der Waals surface area contributed by atoms with Gasteiger partial charge in [0.05, 0.1) is 0 Å². The van der Waals surface area contributed by atoms with Crippen LogP contribution in [0.4, 0.5) is 4.79 Å². The van der Waals surface area contributed by atoms with Crippen LogP contribution in [0.5, 0.6) is 0 Å². The van der Waals surface area contributed by atoms with Gasteiger partial charge in [-0.2, -0.15) is 0 Å². The van der Waals surface area contributed by atoms with Crippen molar-refractivity contribution in [3.05, 3.63) is 0 Å². The number of hydrogen-bond acceptors (Lipinski definition) is 3. The Labute approximate surface area is 112 Å². The first-order valence-electron chi connectivity index (χ1n) is 6.50. The number of nitrogens with two attached hydrogens (primary N) is 1. The number of carboxylic acid groups (broad SMARTS) is 1. The molecule has 0 aromatic heterocycles. The van der Waals surface area contributed by atoms with Crippen molar-refractivity contribution < 1.29 is 19.5 Å². The molecule has 1 aliphatic carbocycles. The van der Waals surface area contributed by atoms with Gasteiger partial charge in [0.2, 0.25) is 5.91 Å². The molecule has 0 bridgehead atoms. The van der Waals surface area contributed by atoms with E-state index in [1.807, 2.05) is 0 Å². The lowest BCUT2D eigenvalue weighted by Gasteiger charge is -2.35. The van der Waals surface area contributed by atoms with Gasteiger partial charge in [-0.1, -0.05) is 19.3 Å². The molecule has 0 atom stereocenters. The molecular formula is C12H21N3O4. The van der Waals surface area contributed by atoms with Crippen molar-refractivity contribution >= 4 is 17.9 Å². The highest BCUT2D eigenvalue weighted by Crippen LogP contribution is 2.28. The molecule has 4 N–H and O–H groups in total. The molecule has 0 spiro atoms. The van der Waals surface area contributed by atoms with Gasteiger partial charge in [0.15, 0.2) is 0 Å². The van der Waals surface area contributed by atoms with Crippen LogP contribution >= 0.6 is 0 Å². The third-order valence-corrected chi connectivity index (χ3v) is 3.48. The molecule has 1 aliphatic rings. The first-order valence-corrected chi connectivity index (χ1v) is 6.50. The molecule has 1 fully saturated rings. The zero-order valence-corrected chi connectivity index (χ0v) is 11.1. The number of nitrogens with one attached hydrogen (secondary N) is 1. The highest BCUT2D eigenvalue weighted by atomic mass is 16.4. The van der Waals surface area contributed by atoms with E-state index in [-0.39, 0.29) is 6.54 Å². The number of primary amides is 1. The summed E-state index contributed by atoms with van der Waals surface area (Å²) in [5.41, 5.74) is 3.85. The molecule has 0 aliphatic heterocycles. The fraction of sp³-hybridized carbons (Fsp3) is 0.750. The van der Waals surface area contributed by atoms with E-state index in [0.717, 1.165) is 19.3 Å². The summed E-state index contributed by atoms with van der Waals surface area (Å²) in [7, 11) is 0. The number of likely N-dealkylation sites (N-methyl/N-ethyl adjacent to an activating group) is 1. The summed E-state index contributed by atoms with van der Waals surface area (Å²) in [6, 6.07) is -0.550. The summed E-state index contributed by atoms with van der Waals surface area (Å²) in [6.07, 6.45) is 3.36. The Morgan fingerprint density at radius 2 is 1.84 bits per heavy atom. The number of urea groups is 1. The zero-order valence-electron chi connectivity index (χ0n) is 11.1. The van der Waals surface area contributed by atoms with Crippen LogP contribution in [0.3, 0.4) is 0 Å². The van der Waals surface area contributed by atoms with Crippen LogP contribution in [0, 0.1) is 0 Å². The van der Waals surface area contributed by atoms with E-state index in [0.29, 0.717) is 19.4 Å². The lowest BCUT2D eigenvalue weighted by atomic mass is 9.82. The van der Waals surface area contributed by atoms with Gasteiger partial charge >= 0.3 is 12.0 Å². The zero-order chi connectivity index (χ0) is 14.5. The molecule has 7 nitrogen and oxygen atoms in total. The molecule has 0 aromatic carbocycles. The predicted octanol–water partition coefficient (Wildman–Crippen LogP) is 0.291. The second kappa shape index (κ2) is 6.40. The number of amides is 3.